The Bertz CT molecular complexity index is 779. The zero-order chi connectivity index (χ0) is 16.7. The van der Waals surface area contributed by atoms with Gasteiger partial charge in [-0.15, -0.1) is 0 Å². The summed E-state index contributed by atoms with van der Waals surface area (Å²) >= 11 is 0. The third-order valence-electron chi connectivity index (χ3n) is 5.12. The maximum absolute atomic E-state index is 14.2. The van der Waals surface area contributed by atoms with Crippen LogP contribution in [0.1, 0.15) is 34.6 Å². The normalized spacial score (nSPS) is 19.5. The Kier molecular flexibility index (Phi) is 3.84. The largest absolute Gasteiger partial charge is 0.336 e. The highest BCUT2D eigenvalue weighted by molar-refractivity contribution is 5.94. The zero-order valence-electron chi connectivity index (χ0n) is 13.8. The van der Waals surface area contributed by atoms with Crippen molar-refractivity contribution in [3.05, 3.63) is 47.0 Å². The molecule has 2 aliphatic rings. The van der Waals surface area contributed by atoms with Crippen LogP contribution in [0.25, 0.3) is 5.69 Å². The monoisotopic (exact) mass is 328 g/mol. The summed E-state index contributed by atoms with van der Waals surface area (Å²) in [5.74, 6) is -0.376. The van der Waals surface area contributed by atoms with Crippen molar-refractivity contribution in [2.45, 2.75) is 31.7 Å². The fourth-order valence-electron chi connectivity index (χ4n) is 3.73. The van der Waals surface area contributed by atoms with E-state index in [4.69, 9.17) is 0 Å². The van der Waals surface area contributed by atoms with Crippen molar-refractivity contribution < 1.29 is 9.18 Å². The second-order valence-corrected chi connectivity index (χ2v) is 6.55. The van der Waals surface area contributed by atoms with E-state index in [2.05, 4.69) is 10.4 Å². The zero-order valence-corrected chi connectivity index (χ0v) is 13.8. The Labute approximate surface area is 140 Å². The third-order valence-corrected chi connectivity index (χ3v) is 5.12. The molecule has 2 heterocycles. The van der Waals surface area contributed by atoms with Gasteiger partial charge < -0.3 is 10.2 Å². The molecule has 24 heavy (non-hydrogen) atoms. The predicted octanol–water partition coefficient (Wildman–Crippen LogP) is 1.93. The average molecular weight is 328 g/mol. The molecular formula is C18H21FN4O. The number of nitrogens with zero attached hydrogens (tertiary/aromatic N) is 3. The predicted molar refractivity (Wildman–Crippen MR) is 88.9 cm³/mol. The first-order valence-corrected chi connectivity index (χ1v) is 8.50. The Morgan fingerprint density at radius 2 is 2.21 bits per heavy atom. The summed E-state index contributed by atoms with van der Waals surface area (Å²) in [7, 11) is 1.84. The summed E-state index contributed by atoms with van der Waals surface area (Å²) in [5, 5.41) is 7.80. The molecule has 6 heteroatoms. The third kappa shape index (κ3) is 2.41. The van der Waals surface area contributed by atoms with Gasteiger partial charge in [0.15, 0.2) is 5.69 Å². The van der Waals surface area contributed by atoms with Gasteiger partial charge in [0.2, 0.25) is 0 Å². The number of carbonyl (C=O) groups is 1. The van der Waals surface area contributed by atoms with Gasteiger partial charge in [-0.05, 0) is 44.4 Å². The Balaban J connectivity index is 1.74. The van der Waals surface area contributed by atoms with Crippen molar-refractivity contribution in [1.82, 2.24) is 20.0 Å². The Morgan fingerprint density at radius 3 is 2.96 bits per heavy atom. The highest BCUT2D eigenvalue weighted by atomic mass is 19.1. The maximum atomic E-state index is 14.2. The molecule has 2 aromatic rings. The molecule has 1 atom stereocenters. The fourth-order valence-corrected chi connectivity index (χ4v) is 3.73. The molecule has 4 rings (SSSR count). The summed E-state index contributed by atoms with van der Waals surface area (Å²) in [6.45, 7) is 1.75. The summed E-state index contributed by atoms with van der Waals surface area (Å²) < 4.78 is 15.8. The van der Waals surface area contributed by atoms with E-state index in [1.54, 1.807) is 27.8 Å². The maximum Gasteiger partial charge on any atom is 0.274 e. The van der Waals surface area contributed by atoms with Crippen LogP contribution in [-0.2, 0) is 12.8 Å². The summed E-state index contributed by atoms with van der Waals surface area (Å²) in [6.07, 6.45) is 3.61. The quantitative estimate of drug-likeness (QED) is 0.937. The number of hydrogen-bond donors (Lipinski definition) is 1. The van der Waals surface area contributed by atoms with Crippen LogP contribution >= 0.6 is 0 Å². The standard InChI is InChI=1S/C18H21FN4O/c1-22(12-9-10-20-11-12)18(24)17-13-5-4-8-15(13)23(21-17)16-7-3-2-6-14(16)19/h2-3,6-7,12,20H,4-5,8-11H2,1H3. The molecule has 1 aromatic heterocycles. The topological polar surface area (TPSA) is 50.2 Å². The molecule has 126 valence electrons. The van der Waals surface area contributed by atoms with Gasteiger partial charge in [0.1, 0.15) is 11.5 Å². The summed E-state index contributed by atoms with van der Waals surface area (Å²) in [4.78, 5) is 14.7. The summed E-state index contributed by atoms with van der Waals surface area (Å²) in [6, 6.07) is 6.79. The highest BCUT2D eigenvalue weighted by Gasteiger charge is 2.32. The number of para-hydroxylation sites is 1. The van der Waals surface area contributed by atoms with E-state index in [1.165, 1.54) is 6.07 Å². The minimum absolute atomic E-state index is 0.0584. The van der Waals surface area contributed by atoms with Gasteiger partial charge >= 0.3 is 0 Å². The lowest BCUT2D eigenvalue weighted by molar-refractivity contribution is 0.0736. The van der Waals surface area contributed by atoms with Gasteiger partial charge in [-0.3, -0.25) is 4.79 Å². The second kappa shape index (κ2) is 6.02. The van der Waals surface area contributed by atoms with E-state index in [0.29, 0.717) is 11.4 Å². The van der Waals surface area contributed by atoms with Crippen LogP contribution in [0.2, 0.25) is 0 Å². The van der Waals surface area contributed by atoms with Gasteiger partial charge in [0.05, 0.1) is 0 Å². The number of likely N-dealkylation sites (N-methyl/N-ethyl adjacent to an activating group) is 1. The Morgan fingerprint density at radius 1 is 1.38 bits per heavy atom. The number of carbonyl (C=O) groups excluding carboxylic acids is 1. The van der Waals surface area contributed by atoms with Gasteiger partial charge in [0, 0.05) is 30.9 Å². The van der Waals surface area contributed by atoms with Crippen molar-refractivity contribution >= 4 is 5.91 Å². The molecule has 5 nitrogen and oxygen atoms in total. The SMILES string of the molecule is CN(C(=O)c1nn(-c2ccccc2F)c2c1CCC2)C1CCNC1. The molecule has 0 bridgehead atoms. The van der Waals surface area contributed by atoms with Crippen LogP contribution < -0.4 is 5.32 Å². The van der Waals surface area contributed by atoms with Crippen LogP contribution in [-0.4, -0.2) is 46.8 Å². The van der Waals surface area contributed by atoms with Gasteiger partial charge in [-0.1, -0.05) is 12.1 Å². The number of nitrogens with one attached hydrogen (secondary N) is 1. The first-order valence-electron chi connectivity index (χ1n) is 8.50. The van der Waals surface area contributed by atoms with E-state index >= 15 is 0 Å². The van der Waals surface area contributed by atoms with Crippen molar-refractivity contribution in [2.75, 3.05) is 20.1 Å². The number of benzene rings is 1. The first-order chi connectivity index (χ1) is 11.7. The van der Waals surface area contributed by atoms with Crippen molar-refractivity contribution in [3.63, 3.8) is 0 Å². The highest BCUT2D eigenvalue weighted by Crippen LogP contribution is 2.29. The number of rotatable bonds is 3. The molecule has 1 unspecified atom stereocenters. The molecular weight excluding hydrogens is 307 g/mol. The molecule has 1 fully saturated rings. The van der Waals surface area contributed by atoms with Crippen LogP contribution in [0.5, 0.6) is 0 Å². The lowest BCUT2D eigenvalue weighted by atomic mass is 10.1. The minimum Gasteiger partial charge on any atom is -0.336 e. The number of hydrogen-bond acceptors (Lipinski definition) is 3. The van der Waals surface area contributed by atoms with Crippen LogP contribution in [0, 0.1) is 5.82 Å². The van der Waals surface area contributed by atoms with Crippen molar-refractivity contribution in [3.8, 4) is 5.69 Å². The van der Waals surface area contributed by atoms with Crippen molar-refractivity contribution in [2.24, 2.45) is 0 Å². The van der Waals surface area contributed by atoms with E-state index in [1.807, 2.05) is 7.05 Å². The van der Waals surface area contributed by atoms with Crippen molar-refractivity contribution in [1.29, 1.82) is 0 Å². The van der Waals surface area contributed by atoms with E-state index < -0.39 is 0 Å². The first kappa shape index (κ1) is 15.3. The van der Waals surface area contributed by atoms with Crippen LogP contribution in [0.4, 0.5) is 4.39 Å². The molecule has 1 amide bonds. The van der Waals surface area contributed by atoms with Crippen LogP contribution in [0.15, 0.2) is 24.3 Å². The fraction of sp³-hybridized carbons (Fsp3) is 0.444. The molecule has 0 spiro atoms. The van der Waals surface area contributed by atoms with E-state index in [-0.39, 0.29) is 17.8 Å². The number of amides is 1. The number of halogens is 1. The number of fused-ring (bicyclic) bond motifs is 1. The molecule has 1 N–H and O–H groups in total. The van der Waals surface area contributed by atoms with Gasteiger partial charge in [-0.2, -0.15) is 5.10 Å². The molecule has 1 aliphatic carbocycles. The molecule has 1 saturated heterocycles. The molecule has 0 saturated carbocycles. The van der Waals surface area contributed by atoms with E-state index in [0.717, 1.165) is 50.0 Å². The van der Waals surface area contributed by atoms with Gasteiger partial charge in [0.25, 0.3) is 5.91 Å². The van der Waals surface area contributed by atoms with E-state index in [9.17, 15) is 9.18 Å². The molecule has 1 aromatic carbocycles. The Hall–Kier alpha value is -2.21. The lowest BCUT2D eigenvalue weighted by Crippen LogP contribution is -2.39. The smallest absolute Gasteiger partial charge is 0.274 e. The second-order valence-electron chi connectivity index (χ2n) is 6.55. The average Bonchev–Trinajstić information content (AvgIpc) is 3.31. The molecule has 0 radical (unpaired) electrons. The lowest BCUT2D eigenvalue weighted by Gasteiger charge is -2.23. The molecule has 1 aliphatic heterocycles. The minimum atomic E-state index is -0.318. The number of aromatic nitrogens is 2. The summed E-state index contributed by atoms with van der Waals surface area (Å²) in [5.41, 5.74) is 2.86. The van der Waals surface area contributed by atoms with Crippen LogP contribution in [0.3, 0.4) is 0 Å². The van der Waals surface area contributed by atoms with Gasteiger partial charge in [-0.25, -0.2) is 9.07 Å².